The summed E-state index contributed by atoms with van der Waals surface area (Å²) in [5.41, 5.74) is 3.34. The molecule has 0 saturated carbocycles. The number of ether oxygens (including phenoxy) is 1. The van der Waals surface area contributed by atoms with E-state index >= 15 is 0 Å². The van der Waals surface area contributed by atoms with E-state index in [2.05, 4.69) is 17.2 Å². The molecule has 3 aromatic rings. The zero-order chi connectivity index (χ0) is 18.7. The lowest BCUT2D eigenvalue weighted by molar-refractivity contribution is -0.120. The van der Waals surface area contributed by atoms with Crippen LogP contribution in [0.1, 0.15) is 18.1 Å². The Morgan fingerprint density at radius 3 is 2.62 bits per heavy atom. The van der Waals surface area contributed by atoms with Gasteiger partial charge in [0.2, 0.25) is 5.88 Å². The molecule has 134 valence electrons. The quantitative estimate of drug-likeness (QED) is 0.690. The van der Waals surface area contributed by atoms with E-state index in [1.807, 2.05) is 49.4 Å². The van der Waals surface area contributed by atoms with Gasteiger partial charge in [0, 0.05) is 12.4 Å². The van der Waals surface area contributed by atoms with Crippen LogP contribution >= 0.6 is 0 Å². The van der Waals surface area contributed by atoms with Crippen molar-refractivity contribution in [3.63, 3.8) is 0 Å². The number of azo groups is 1. The lowest BCUT2D eigenvalue weighted by Crippen LogP contribution is -2.07. The van der Waals surface area contributed by atoms with Gasteiger partial charge in [-0.25, -0.2) is 0 Å². The minimum atomic E-state index is -0.520. The van der Waals surface area contributed by atoms with Crippen LogP contribution in [0.5, 0.6) is 11.6 Å². The number of aryl methyl sites for hydroxylation is 3. The van der Waals surface area contributed by atoms with Crippen LogP contribution in [0.15, 0.2) is 52.7 Å². The monoisotopic (exact) mass is 351 g/mol. The van der Waals surface area contributed by atoms with Crippen molar-refractivity contribution in [3.8, 4) is 11.6 Å². The van der Waals surface area contributed by atoms with E-state index in [-0.39, 0.29) is 18.2 Å². The largest absolute Gasteiger partial charge is 0.493 e. The van der Waals surface area contributed by atoms with Crippen LogP contribution in [0.3, 0.4) is 0 Å². The first-order chi connectivity index (χ1) is 12.5. The Kier molecular flexibility index (Phi) is 5.02. The van der Waals surface area contributed by atoms with Crippen LogP contribution in [0.4, 0.5) is 5.69 Å². The number of fused-ring (bicyclic) bond motifs is 1. The molecule has 26 heavy (non-hydrogen) atoms. The van der Waals surface area contributed by atoms with Gasteiger partial charge in [0.25, 0.3) is 0 Å². The van der Waals surface area contributed by atoms with E-state index in [1.54, 1.807) is 11.6 Å². The third-order valence-electron chi connectivity index (χ3n) is 4.25. The van der Waals surface area contributed by atoms with Crippen LogP contribution < -0.4 is 4.74 Å². The Morgan fingerprint density at radius 1 is 1.19 bits per heavy atom. The summed E-state index contributed by atoms with van der Waals surface area (Å²) < 4.78 is 7.04. The summed E-state index contributed by atoms with van der Waals surface area (Å²) in [6, 6.07) is 13.3. The molecule has 2 aromatic carbocycles. The second-order valence-corrected chi connectivity index (χ2v) is 6.13. The lowest BCUT2D eigenvalue weighted by atomic mass is 10.1. The second kappa shape index (κ2) is 7.39. The number of carbonyl (C=O) groups is 1. The fourth-order valence-electron chi connectivity index (χ4n) is 2.73. The average Bonchev–Trinajstić information content (AvgIpc) is 2.88. The van der Waals surface area contributed by atoms with Gasteiger partial charge in [-0.3, -0.25) is 4.79 Å². The predicted molar refractivity (Wildman–Crippen MR) is 100 cm³/mol. The summed E-state index contributed by atoms with van der Waals surface area (Å²) in [7, 11) is 1.73. The van der Waals surface area contributed by atoms with Crippen molar-refractivity contribution in [2.24, 2.45) is 17.3 Å². The Bertz CT molecular complexity index is 972. The van der Waals surface area contributed by atoms with Gasteiger partial charge in [-0.15, -0.1) is 10.2 Å². The minimum absolute atomic E-state index is 0.0294. The van der Waals surface area contributed by atoms with Gasteiger partial charge < -0.3 is 14.4 Å². The molecule has 0 unspecified atom stereocenters. The van der Waals surface area contributed by atoms with Crippen LogP contribution in [0.25, 0.3) is 10.9 Å². The van der Waals surface area contributed by atoms with Gasteiger partial charge in [-0.1, -0.05) is 30.7 Å². The van der Waals surface area contributed by atoms with Crippen LogP contribution in [0.2, 0.25) is 0 Å². The van der Waals surface area contributed by atoms with Gasteiger partial charge in [0.15, 0.2) is 12.3 Å². The zero-order valence-corrected chi connectivity index (χ0v) is 15.1. The Morgan fingerprint density at radius 2 is 1.92 bits per heavy atom. The fourth-order valence-corrected chi connectivity index (χ4v) is 2.73. The van der Waals surface area contributed by atoms with Gasteiger partial charge in [0.1, 0.15) is 5.75 Å². The first-order valence-electron chi connectivity index (χ1n) is 8.44. The van der Waals surface area contributed by atoms with Crippen LogP contribution in [0, 0.1) is 6.92 Å². The van der Waals surface area contributed by atoms with Crippen LogP contribution in [-0.2, 0) is 18.3 Å². The minimum Gasteiger partial charge on any atom is -0.493 e. The summed E-state index contributed by atoms with van der Waals surface area (Å²) in [6.07, 6.45) is 0.946. The normalized spacial score (nSPS) is 11.3. The first kappa shape index (κ1) is 17.7. The molecule has 1 aromatic heterocycles. The maximum Gasteiger partial charge on any atom is 0.302 e. The topological polar surface area (TPSA) is 76.2 Å². The molecule has 0 atom stereocenters. The number of hydrogen-bond donors (Lipinski definition) is 1. The summed E-state index contributed by atoms with van der Waals surface area (Å²) in [5.74, 6) is 0.0567. The number of aromatic nitrogens is 1. The average molecular weight is 351 g/mol. The van der Waals surface area contributed by atoms with E-state index in [1.165, 1.54) is 5.56 Å². The molecule has 6 heteroatoms. The highest BCUT2D eigenvalue weighted by Gasteiger charge is 2.14. The fraction of sp³-hybridized carbons (Fsp3) is 0.250. The molecule has 6 nitrogen and oxygen atoms in total. The van der Waals surface area contributed by atoms with Gasteiger partial charge in [0.05, 0.1) is 5.52 Å². The smallest absolute Gasteiger partial charge is 0.302 e. The molecule has 0 saturated heterocycles. The van der Waals surface area contributed by atoms with Crippen molar-refractivity contribution < 1.29 is 14.6 Å². The van der Waals surface area contributed by atoms with Crippen LogP contribution in [-0.4, -0.2) is 22.2 Å². The number of benzene rings is 2. The molecular formula is C20H21N3O3. The molecule has 0 bridgehead atoms. The third kappa shape index (κ3) is 3.59. The Labute approximate surface area is 151 Å². The molecule has 0 radical (unpaired) electrons. The zero-order valence-electron chi connectivity index (χ0n) is 15.1. The third-order valence-corrected chi connectivity index (χ3v) is 4.25. The number of amides is 1. The molecule has 3 rings (SSSR count). The van der Waals surface area contributed by atoms with E-state index in [4.69, 9.17) is 4.74 Å². The maximum absolute atomic E-state index is 12.0. The van der Waals surface area contributed by atoms with E-state index in [0.29, 0.717) is 5.75 Å². The number of aromatic hydroxyl groups is 1. The van der Waals surface area contributed by atoms with E-state index in [9.17, 15) is 9.90 Å². The molecule has 0 aliphatic carbocycles. The molecular weight excluding hydrogens is 330 g/mol. The van der Waals surface area contributed by atoms with Gasteiger partial charge in [-0.2, -0.15) is 0 Å². The summed E-state index contributed by atoms with van der Waals surface area (Å²) in [4.78, 5) is 12.0. The molecule has 0 spiro atoms. The highest BCUT2D eigenvalue weighted by molar-refractivity contribution is 5.95. The lowest BCUT2D eigenvalue weighted by Gasteiger charge is -2.03. The second-order valence-electron chi connectivity index (χ2n) is 6.13. The van der Waals surface area contributed by atoms with Crippen molar-refractivity contribution in [3.05, 3.63) is 53.6 Å². The molecule has 0 aliphatic rings. The Hall–Kier alpha value is -3.15. The number of nitrogens with zero attached hydrogens (tertiary/aromatic N) is 3. The number of carbonyl (C=O) groups excluding carboxylic acids is 1. The number of hydrogen-bond acceptors (Lipinski definition) is 4. The Balaban J connectivity index is 1.73. The van der Waals surface area contributed by atoms with Crippen molar-refractivity contribution >= 4 is 22.5 Å². The van der Waals surface area contributed by atoms with Crippen molar-refractivity contribution in [1.82, 2.24) is 4.57 Å². The molecule has 1 N–H and O–H groups in total. The van der Waals surface area contributed by atoms with Crippen molar-refractivity contribution in [2.75, 3.05) is 6.61 Å². The summed E-state index contributed by atoms with van der Waals surface area (Å²) in [6.45, 7) is 3.82. The molecule has 0 fully saturated rings. The van der Waals surface area contributed by atoms with Gasteiger partial charge in [-0.05, 0) is 43.2 Å². The first-order valence-corrected chi connectivity index (χ1v) is 8.44. The summed E-state index contributed by atoms with van der Waals surface area (Å²) >= 11 is 0. The SMILES string of the molecule is CCc1ccc(OCC(=O)N=Nc2c(O)n(C)c3ccc(C)cc23)cc1. The highest BCUT2D eigenvalue weighted by Crippen LogP contribution is 2.38. The molecule has 0 aliphatic heterocycles. The summed E-state index contributed by atoms with van der Waals surface area (Å²) in [5, 5.41) is 18.6. The number of rotatable bonds is 5. The van der Waals surface area contributed by atoms with Crippen molar-refractivity contribution in [1.29, 1.82) is 0 Å². The highest BCUT2D eigenvalue weighted by atomic mass is 16.5. The van der Waals surface area contributed by atoms with Crippen molar-refractivity contribution in [2.45, 2.75) is 20.3 Å². The molecule has 1 amide bonds. The van der Waals surface area contributed by atoms with Gasteiger partial charge >= 0.3 is 5.91 Å². The molecule has 1 heterocycles. The predicted octanol–water partition coefficient (Wildman–Crippen LogP) is 4.44. The maximum atomic E-state index is 12.0. The van der Waals surface area contributed by atoms with E-state index < -0.39 is 5.91 Å². The van der Waals surface area contributed by atoms with E-state index in [0.717, 1.165) is 22.9 Å². The standard InChI is InChI=1S/C20H21N3O3/c1-4-14-6-8-15(9-7-14)26-12-18(24)21-22-19-16-11-13(2)5-10-17(16)23(3)20(19)25/h5-11,25H,4,12H2,1-3H3.